The van der Waals surface area contributed by atoms with Crippen molar-refractivity contribution < 1.29 is 4.39 Å². The summed E-state index contributed by atoms with van der Waals surface area (Å²) in [6.45, 7) is 1.70. The Morgan fingerprint density at radius 1 is 0.966 bits per heavy atom. The molecule has 3 heterocycles. The van der Waals surface area contributed by atoms with Gasteiger partial charge in [-0.15, -0.1) is 0 Å². The number of anilines is 1. The minimum atomic E-state index is -0.302. The van der Waals surface area contributed by atoms with Gasteiger partial charge < -0.3 is 9.88 Å². The third-order valence-corrected chi connectivity index (χ3v) is 5.35. The fourth-order valence-electron chi connectivity index (χ4n) is 3.78. The van der Waals surface area contributed by atoms with E-state index in [1.54, 1.807) is 12.1 Å². The Morgan fingerprint density at radius 3 is 2.59 bits per heavy atom. The van der Waals surface area contributed by atoms with Crippen molar-refractivity contribution in [3.8, 4) is 0 Å². The summed E-state index contributed by atoms with van der Waals surface area (Å²) in [5, 5.41) is 0. The van der Waals surface area contributed by atoms with Crippen LogP contribution in [-0.2, 0) is 19.4 Å². The molecule has 2 aromatic heterocycles. The molecule has 29 heavy (non-hydrogen) atoms. The fraction of sp³-hybridized carbons (Fsp3) is 0.174. The molecule has 1 aliphatic heterocycles. The number of aromatic amines is 1. The number of rotatable bonds is 3. The Labute approximate surface area is 166 Å². The van der Waals surface area contributed by atoms with E-state index in [1.807, 2.05) is 12.1 Å². The number of benzene rings is 2. The maximum atomic E-state index is 13.1. The predicted molar refractivity (Wildman–Crippen MR) is 111 cm³/mol. The Kier molecular flexibility index (Phi) is 4.31. The number of H-pyrrole nitrogens is 1. The van der Waals surface area contributed by atoms with Crippen molar-refractivity contribution in [2.75, 3.05) is 11.4 Å². The first-order valence-corrected chi connectivity index (χ1v) is 9.62. The standard InChI is InChI=1S/C23H19FN4O/c24-18-7-5-15(6-8-18)13-20-23(29)26-19-9-10-21(27-22(19)25-20)28-12-11-16-3-1-2-4-17(16)14-28/h1-10H,11-14H2,(H,26,29). The molecule has 0 unspecified atom stereocenters. The molecular weight excluding hydrogens is 367 g/mol. The van der Waals surface area contributed by atoms with E-state index in [-0.39, 0.29) is 11.4 Å². The summed E-state index contributed by atoms with van der Waals surface area (Å²) in [5.74, 6) is 0.544. The number of hydrogen-bond acceptors (Lipinski definition) is 4. The first-order chi connectivity index (χ1) is 14.2. The van der Waals surface area contributed by atoms with Gasteiger partial charge in [0.15, 0.2) is 5.65 Å². The molecule has 0 spiro atoms. The van der Waals surface area contributed by atoms with Gasteiger partial charge in [-0.2, -0.15) is 0 Å². The molecule has 6 heteroatoms. The first-order valence-electron chi connectivity index (χ1n) is 9.62. The van der Waals surface area contributed by atoms with Crippen LogP contribution in [-0.4, -0.2) is 21.5 Å². The number of halogens is 1. The summed E-state index contributed by atoms with van der Waals surface area (Å²) in [6, 6.07) is 18.3. The molecule has 0 amide bonds. The first kappa shape index (κ1) is 17.6. The van der Waals surface area contributed by atoms with E-state index in [9.17, 15) is 9.18 Å². The molecule has 5 rings (SSSR count). The lowest BCUT2D eigenvalue weighted by Crippen LogP contribution is -2.31. The van der Waals surface area contributed by atoms with Crippen LogP contribution in [0.25, 0.3) is 11.2 Å². The highest BCUT2D eigenvalue weighted by atomic mass is 19.1. The number of nitrogens with zero attached hydrogens (tertiary/aromatic N) is 3. The second-order valence-corrected chi connectivity index (χ2v) is 7.30. The summed E-state index contributed by atoms with van der Waals surface area (Å²) < 4.78 is 13.1. The van der Waals surface area contributed by atoms with Crippen molar-refractivity contribution in [2.45, 2.75) is 19.4 Å². The Bertz CT molecular complexity index is 1250. The third kappa shape index (κ3) is 3.49. The quantitative estimate of drug-likeness (QED) is 0.584. The summed E-state index contributed by atoms with van der Waals surface area (Å²) in [4.78, 5) is 26.7. The van der Waals surface area contributed by atoms with Gasteiger partial charge in [-0.3, -0.25) is 4.79 Å². The van der Waals surface area contributed by atoms with Crippen LogP contribution in [0.2, 0.25) is 0 Å². The zero-order chi connectivity index (χ0) is 19.8. The molecule has 144 valence electrons. The monoisotopic (exact) mass is 386 g/mol. The van der Waals surface area contributed by atoms with E-state index < -0.39 is 0 Å². The molecule has 0 radical (unpaired) electrons. The highest BCUT2D eigenvalue weighted by Gasteiger charge is 2.18. The molecule has 4 aromatic rings. The second-order valence-electron chi connectivity index (χ2n) is 7.30. The van der Waals surface area contributed by atoms with Crippen molar-refractivity contribution in [3.63, 3.8) is 0 Å². The molecule has 0 aliphatic carbocycles. The lowest BCUT2D eigenvalue weighted by atomic mass is 10.00. The molecule has 0 atom stereocenters. The predicted octanol–water partition coefficient (Wildman–Crippen LogP) is 3.61. The zero-order valence-electron chi connectivity index (χ0n) is 15.7. The Morgan fingerprint density at radius 2 is 1.76 bits per heavy atom. The van der Waals surface area contributed by atoms with Crippen LogP contribution in [0.5, 0.6) is 0 Å². The minimum absolute atomic E-state index is 0.247. The van der Waals surface area contributed by atoms with Gasteiger partial charge in [-0.1, -0.05) is 36.4 Å². The molecule has 5 nitrogen and oxygen atoms in total. The number of pyridine rings is 1. The van der Waals surface area contributed by atoms with Gasteiger partial charge >= 0.3 is 0 Å². The third-order valence-electron chi connectivity index (χ3n) is 5.35. The molecule has 1 N–H and O–H groups in total. The molecule has 0 bridgehead atoms. The second kappa shape index (κ2) is 7.13. The van der Waals surface area contributed by atoms with E-state index >= 15 is 0 Å². The summed E-state index contributed by atoms with van der Waals surface area (Å²) in [7, 11) is 0. The van der Waals surface area contributed by atoms with Gasteiger partial charge in [0, 0.05) is 19.5 Å². The van der Waals surface area contributed by atoms with Gasteiger partial charge in [-0.25, -0.2) is 14.4 Å². The van der Waals surface area contributed by atoms with Crippen LogP contribution in [0.3, 0.4) is 0 Å². The van der Waals surface area contributed by atoms with Gasteiger partial charge in [-0.05, 0) is 47.4 Å². The van der Waals surface area contributed by atoms with Crippen LogP contribution < -0.4 is 10.5 Å². The largest absolute Gasteiger partial charge is 0.352 e. The maximum absolute atomic E-state index is 13.1. The average molecular weight is 386 g/mol. The van der Waals surface area contributed by atoms with Crippen molar-refractivity contribution in [3.05, 3.63) is 99.2 Å². The molecule has 0 saturated carbocycles. The van der Waals surface area contributed by atoms with Crippen molar-refractivity contribution in [2.24, 2.45) is 0 Å². The SMILES string of the molecule is O=c1[nH]c2ccc(N3CCc4ccccc4C3)nc2nc1Cc1ccc(F)cc1. The van der Waals surface area contributed by atoms with Crippen molar-refractivity contribution in [1.82, 2.24) is 15.0 Å². The van der Waals surface area contributed by atoms with E-state index in [1.165, 1.54) is 23.3 Å². The molecule has 1 aliphatic rings. The summed E-state index contributed by atoms with van der Waals surface area (Å²) in [6.07, 6.45) is 1.30. The smallest absolute Gasteiger partial charge is 0.270 e. The van der Waals surface area contributed by atoms with Crippen LogP contribution in [0.1, 0.15) is 22.4 Å². The van der Waals surface area contributed by atoms with Crippen LogP contribution in [0.15, 0.2) is 65.5 Å². The van der Waals surface area contributed by atoms with Gasteiger partial charge in [0.2, 0.25) is 0 Å². The fourth-order valence-corrected chi connectivity index (χ4v) is 3.78. The van der Waals surface area contributed by atoms with Crippen LogP contribution in [0.4, 0.5) is 10.2 Å². The highest BCUT2D eigenvalue weighted by molar-refractivity contribution is 5.72. The lowest BCUT2D eigenvalue weighted by Gasteiger charge is -2.29. The van der Waals surface area contributed by atoms with E-state index in [0.29, 0.717) is 23.3 Å². The Balaban J connectivity index is 1.47. The number of aromatic nitrogens is 3. The van der Waals surface area contributed by atoms with Crippen LogP contribution >= 0.6 is 0 Å². The lowest BCUT2D eigenvalue weighted by molar-refractivity contribution is 0.627. The molecule has 0 fully saturated rings. The number of fused-ring (bicyclic) bond motifs is 2. The zero-order valence-corrected chi connectivity index (χ0v) is 15.7. The minimum Gasteiger partial charge on any atom is -0.352 e. The van der Waals surface area contributed by atoms with Crippen molar-refractivity contribution >= 4 is 17.0 Å². The number of nitrogens with one attached hydrogen (secondary N) is 1. The summed E-state index contributed by atoms with van der Waals surface area (Å²) >= 11 is 0. The molecular formula is C23H19FN4O. The van der Waals surface area contributed by atoms with E-state index in [4.69, 9.17) is 4.98 Å². The van der Waals surface area contributed by atoms with Crippen molar-refractivity contribution in [1.29, 1.82) is 0 Å². The average Bonchev–Trinajstić information content (AvgIpc) is 2.75. The van der Waals surface area contributed by atoms with Gasteiger partial charge in [0.25, 0.3) is 5.56 Å². The topological polar surface area (TPSA) is 61.9 Å². The van der Waals surface area contributed by atoms with Gasteiger partial charge in [0.1, 0.15) is 17.3 Å². The maximum Gasteiger partial charge on any atom is 0.270 e. The van der Waals surface area contributed by atoms with Gasteiger partial charge in [0.05, 0.1) is 5.52 Å². The highest BCUT2D eigenvalue weighted by Crippen LogP contribution is 2.24. The van der Waals surface area contributed by atoms with Crippen LogP contribution in [0, 0.1) is 5.82 Å². The molecule has 2 aromatic carbocycles. The Hall–Kier alpha value is -3.54. The normalized spacial score (nSPS) is 13.5. The summed E-state index contributed by atoms with van der Waals surface area (Å²) in [5.41, 5.74) is 4.77. The van der Waals surface area contributed by atoms with E-state index in [0.717, 1.165) is 30.9 Å². The number of hydrogen-bond donors (Lipinski definition) is 1. The van der Waals surface area contributed by atoms with E-state index in [2.05, 4.69) is 39.1 Å². The molecule has 0 saturated heterocycles.